The SMILES string of the molecule is [Co+2].[Fe+2].[O-2].[O-2]. The molecule has 0 aliphatic carbocycles. The smallest absolute Gasteiger partial charge is 2.00 e. The van der Waals surface area contributed by atoms with Crippen molar-refractivity contribution in [3.05, 3.63) is 0 Å². The van der Waals surface area contributed by atoms with Gasteiger partial charge in [0, 0.05) is 0 Å². The van der Waals surface area contributed by atoms with Crippen LogP contribution < -0.4 is 0 Å². The summed E-state index contributed by atoms with van der Waals surface area (Å²) in [6.07, 6.45) is 0. The summed E-state index contributed by atoms with van der Waals surface area (Å²) in [6.45, 7) is 0. The van der Waals surface area contributed by atoms with E-state index >= 15 is 0 Å². The van der Waals surface area contributed by atoms with Gasteiger partial charge in [-0.15, -0.1) is 0 Å². The maximum Gasteiger partial charge on any atom is 2.00 e. The van der Waals surface area contributed by atoms with Crippen molar-refractivity contribution in [2.45, 2.75) is 0 Å². The van der Waals surface area contributed by atoms with Gasteiger partial charge in [0.2, 0.25) is 0 Å². The van der Waals surface area contributed by atoms with Crippen LogP contribution in [0.25, 0.3) is 0 Å². The van der Waals surface area contributed by atoms with Crippen LogP contribution in [0.1, 0.15) is 0 Å². The molecule has 0 saturated heterocycles. The zero-order valence-electron chi connectivity index (χ0n) is 1.50. The minimum absolute atomic E-state index is 0. The third-order valence-corrected chi connectivity index (χ3v) is 0. The third-order valence-electron chi connectivity index (χ3n) is 0. The molecule has 29 valence electrons. The van der Waals surface area contributed by atoms with E-state index in [0.29, 0.717) is 0 Å². The van der Waals surface area contributed by atoms with Crippen LogP contribution in [0.2, 0.25) is 0 Å². The summed E-state index contributed by atoms with van der Waals surface area (Å²) >= 11 is 0. The van der Waals surface area contributed by atoms with Crippen LogP contribution in [0.5, 0.6) is 0 Å². The maximum absolute atomic E-state index is 0. The molecular weight excluding hydrogens is 147 g/mol. The summed E-state index contributed by atoms with van der Waals surface area (Å²) in [5, 5.41) is 0. The molecule has 0 spiro atoms. The second-order valence-corrected chi connectivity index (χ2v) is 0. The molecule has 0 rings (SSSR count). The molecule has 4 heavy (non-hydrogen) atoms. The Morgan fingerprint density at radius 3 is 0.750 bits per heavy atom. The van der Waals surface area contributed by atoms with Gasteiger partial charge in [0.1, 0.15) is 0 Å². The molecule has 0 aromatic heterocycles. The Morgan fingerprint density at radius 2 is 0.750 bits per heavy atom. The first-order chi connectivity index (χ1) is 0. The fraction of sp³-hybridized carbons (Fsp3) is 0. The minimum atomic E-state index is 0. The van der Waals surface area contributed by atoms with Gasteiger partial charge in [0.05, 0.1) is 0 Å². The molecule has 0 fully saturated rings. The summed E-state index contributed by atoms with van der Waals surface area (Å²) in [6, 6.07) is 0. The average molecular weight is 147 g/mol. The first kappa shape index (κ1) is 86.1. The van der Waals surface area contributed by atoms with E-state index in [1.54, 1.807) is 0 Å². The van der Waals surface area contributed by atoms with Crippen LogP contribution in [0, 0.1) is 0 Å². The fourth-order valence-electron chi connectivity index (χ4n) is 0. The molecule has 0 aliphatic rings. The van der Waals surface area contributed by atoms with Crippen molar-refractivity contribution in [1.29, 1.82) is 0 Å². The summed E-state index contributed by atoms with van der Waals surface area (Å²) in [5.74, 6) is 0. The van der Waals surface area contributed by atoms with E-state index in [2.05, 4.69) is 0 Å². The molecule has 0 heterocycles. The van der Waals surface area contributed by atoms with Crippen molar-refractivity contribution in [1.82, 2.24) is 0 Å². The minimum Gasteiger partial charge on any atom is -2.00 e. The van der Waals surface area contributed by atoms with Gasteiger partial charge in [0.15, 0.2) is 0 Å². The molecule has 2 nitrogen and oxygen atoms in total. The van der Waals surface area contributed by atoms with E-state index in [9.17, 15) is 0 Å². The standard InChI is InChI=1S/Co.Fe.2O/q2*+2;2*-2. The predicted octanol–water partition coefficient (Wildman–Crippen LogP) is -0.243. The van der Waals surface area contributed by atoms with Gasteiger partial charge >= 0.3 is 33.8 Å². The number of rotatable bonds is 0. The molecule has 0 unspecified atom stereocenters. The third kappa shape index (κ3) is 12.5. The topological polar surface area (TPSA) is 57.0 Å². The van der Waals surface area contributed by atoms with E-state index in [1.807, 2.05) is 0 Å². The monoisotopic (exact) mass is 147 g/mol. The Labute approximate surface area is 45.2 Å². The molecule has 0 saturated carbocycles. The van der Waals surface area contributed by atoms with Crippen LogP contribution in [-0.2, 0) is 44.8 Å². The van der Waals surface area contributed by atoms with E-state index in [-0.39, 0.29) is 44.8 Å². The van der Waals surface area contributed by atoms with Gasteiger partial charge in [-0.05, 0) is 0 Å². The Morgan fingerprint density at radius 1 is 0.750 bits per heavy atom. The van der Waals surface area contributed by atoms with E-state index in [1.165, 1.54) is 0 Å². The molecule has 1 radical (unpaired) electrons. The zero-order valence-corrected chi connectivity index (χ0v) is 3.65. The summed E-state index contributed by atoms with van der Waals surface area (Å²) in [5.41, 5.74) is 0. The van der Waals surface area contributed by atoms with Gasteiger partial charge in [-0.25, -0.2) is 0 Å². The number of hydrogen-bond acceptors (Lipinski definition) is 0. The Hall–Kier alpha value is 0.946. The normalized spacial score (nSPS) is 0. The van der Waals surface area contributed by atoms with Crippen LogP contribution in [0.15, 0.2) is 0 Å². The molecule has 0 bridgehead atoms. The van der Waals surface area contributed by atoms with Crippen LogP contribution >= 0.6 is 0 Å². The molecule has 0 amide bonds. The first-order valence-corrected chi connectivity index (χ1v) is 0. The van der Waals surface area contributed by atoms with Gasteiger partial charge in [-0.3, -0.25) is 0 Å². The number of hydrogen-bond donors (Lipinski definition) is 0. The summed E-state index contributed by atoms with van der Waals surface area (Å²) in [4.78, 5) is 0. The van der Waals surface area contributed by atoms with Gasteiger partial charge in [0.25, 0.3) is 0 Å². The zero-order chi connectivity index (χ0) is 0. The van der Waals surface area contributed by atoms with Gasteiger partial charge in [-0.1, -0.05) is 0 Å². The average Bonchev–Trinajstić information content (AvgIpc) is 0. The molecule has 0 aliphatic heterocycles. The summed E-state index contributed by atoms with van der Waals surface area (Å²) < 4.78 is 0. The molecule has 4 heteroatoms. The van der Waals surface area contributed by atoms with E-state index in [0.717, 1.165) is 0 Å². The fourth-order valence-corrected chi connectivity index (χ4v) is 0. The van der Waals surface area contributed by atoms with Crippen molar-refractivity contribution in [3.8, 4) is 0 Å². The van der Waals surface area contributed by atoms with E-state index < -0.39 is 0 Å². The van der Waals surface area contributed by atoms with Crippen molar-refractivity contribution < 1.29 is 44.8 Å². The second kappa shape index (κ2) is 38.3. The maximum atomic E-state index is 0. The first-order valence-electron chi connectivity index (χ1n) is 0. The molecule has 0 N–H and O–H groups in total. The Balaban J connectivity index is 0. The second-order valence-electron chi connectivity index (χ2n) is 0. The van der Waals surface area contributed by atoms with Gasteiger partial charge < -0.3 is 11.0 Å². The molecule has 0 aromatic rings. The molecule has 0 atom stereocenters. The van der Waals surface area contributed by atoms with Crippen molar-refractivity contribution in [3.63, 3.8) is 0 Å². The van der Waals surface area contributed by atoms with Crippen molar-refractivity contribution in [2.75, 3.05) is 0 Å². The van der Waals surface area contributed by atoms with Crippen molar-refractivity contribution >= 4 is 0 Å². The summed E-state index contributed by atoms with van der Waals surface area (Å²) in [7, 11) is 0. The van der Waals surface area contributed by atoms with Gasteiger partial charge in [-0.2, -0.15) is 0 Å². The Bertz CT molecular complexity index is 6.00. The quantitative estimate of drug-likeness (QED) is 0.424. The molecule has 0 aromatic carbocycles. The van der Waals surface area contributed by atoms with Crippen LogP contribution in [0.4, 0.5) is 0 Å². The predicted molar refractivity (Wildman–Crippen MR) is 1.37 cm³/mol. The Kier molecular flexibility index (Phi) is 823. The van der Waals surface area contributed by atoms with Crippen LogP contribution in [-0.4, -0.2) is 0 Å². The molecular formula is CoFeO2. The largest absolute Gasteiger partial charge is 2.00 e. The van der Waals surface area contributed by atoms with Crippen LogP contribution in [0.3, 0.4) is 0 Å². The van der Waals surface area contributed by atoms with Crippen molar-refractivity contribution in [2.24, 2.45) is 0 Å². The van der Waals surface area contributed by atoms with E-state index in [4.69, 9.17) is 0 Å².